The Hall–Kier alpha value is -2.53. The minimum absolute atomic E-state index is 0.0419. The molecular formula is C23H27N3O5S2. The van der Waals surface area contributed by atoms with Crippen molar-refractivity contribution in [3.63, 3.8) is 0 Å². The highest BCUT2D eigenvalue weighted by molar-refractivity contribution is 7.89. The standard InChI is InChI=1S/C23H27N3O5S2/c1-3-4-5-16-6-8-19-21(14-16)32-23(24-19)25-22(27)18-15-17(7-9-20(18)30-2)33(28,29)26-10-12-31-13-11-26/h6-9,14-15H,3-5,10-13H2,1-2H3,(H,24,25,27). The number of morpholine rings is 1. The minimum atomic E-state index is -3.74. The van der Waals surface area contributed by atoms with Crippen LogP contribution in [0.15, 0.2) is 41.3 Å². The van der Waals surface area contributed by atoms with Gasteiger partial charge in [-0.25, -0.2) is 13.4 Å². The van der Waals surface area contributed by atoms with Crippen LogP contribution in [0.4, 0.5) is 5.13 Å². The molecule has 1 aliphatic heterocycles. The highest BCUT2D eigenvalue weighted by Crippen LogP contribution is 2.30. The van der Waals surface area contributed by atoms with Gasteiger partial charge in [0.25, 0.3) is 5.91 Å². The number of sulfonamides is 1. The fraction of sp³-hybridized carbons (Fsp3) is 0.391. The number of amides is 1. The fourth-order valence-electron chi connectivity index (χ4n) is 3.68. The van der Waals surface area contributed by atoms with Crippen LogP contribution in [0.1, 0.15) is 35.7 Å². The Bertz CT molecular complexity index is 1250. The quantitative estimate of drug-likeness (QED) is 0.515. The van der Waals surface area contributed by atoms with Crippen molar-refractivity contribution in [1.29, 1.82) is 0 Å². The van der Waals surface area contributed by atoms with Crippen molar-refractivity contribution in [2.24, 2.45) is 0 Å². The molecule has 0 radical (unpaired) electrons. The van der Waals surface area contributed by atoms with Gasteiger partial charge in [-0.3, -0.25) is 10.1 Å². The van der Waals surface area contributed by atoms with Gasteiger partial charge in [0.2, 0.25) is 10.0 Å². The van der Waals surface area contributed by atoms with Gasteiger partial charge in [-0.1, -0.05) is 30.7 Å². The smallest absolute Gasteiger partial charge is 0.261 e. The molecule has 1 aromatic heterocycles. The highest BCUT2D eigenvalue weighted by atomic mass is 32.2. The molecular weight excluding hydrogens is 462 g/mol. The zero-order chi connectivity index (χ0) is 23.4. The molecule has 0 spiro atoms. The topological polar surface area (TPSA) is 97.8 Å². The molecule has 176 valence electrons. The summed E-state index contributed by atoms with van der Waals surface area (Å²) in [6, 6.07) is 10.4. The maximum atomic E-state index is 13.1. The Morgan fingerprint density at radius 1 is 1.21 bits per heavy atom. The van der Waals surface area contributed by atoms with E-state index in [9.17, 15) is 13.2 Å². The summed E-state index contributed by atoms with van der Waals surface area (Å²) >= 11 is 1.39. The Morgan fingerprint density at radius 2 is 2.00 bits per heavy atom. The van der Waals surface area contributed by atoms with E-state index in [1.54, 1.807) is 0 Å². The van der Waals surface area contributed by atoms with Crippen molar-refractivity contribution in [2.75, 3.05) is 38.7 Å². The molecule has 3 aromatic rings. The van der Waals surface area contributed by atoms with Crippen LogP contribution in [-0.2, 0) is 21.2 Å². The van der Waals surface area contributed by atoms with Crippen LogP contribution in [0.5, 0.6) is 5.75 Å². The number of ether oxygens (including phenoxy) is 2. The second-order valence-electron chi connectivity index (χ2n) is 7.76. The predicted octanol–water partition coefficient (Wildman–Crippen LogP) is 3.92. The van der Waals surface area contributed by atoms with Crippen LogP contribution in [-0.4, -0.2) is 57.0 Å². The second kappa shape index (κ2) is 10.2. The number of hydrogen-bond donors (Lipinski definition) is 1. The molecule has 2 heterocycles. The summed E-state index contributed by atoms with van der Waals surface area (Å²) in [7, 11) is -2.30. The number of aromatic nitrogens is 1. The Kier molecular flexibility index (Phi) is 7.28. The van der Waals surface area contributed by atoms with Gasteiger partial charge in [0.05, 0.1) is 41.0 Å². The maximum Gasteiger partial charge on any atom is 0.261 e. The zero-order valence-electron chi connectivity index (χ0n) is 18.7. The van der Waals surface area contributed by atoms with E-state index in [0.717, 1.165) is 29.5 Å². The number of aryl methyl sites for hydroxylation is 1. The summed E-state index contributed by atoms with van der Waals surface area (Å²) in [6.45, 7) is 3.42. The van der Waals surface area contributed by atoms with Gasteiger partial charge in [0.15, 0.2) is 5.13 Å². The number of methoxy groups -OCH3 is 1. The van der Waals surface area contributed by atoms with E-state index in [2.05, 4.69) is 29.4 Å². The molecule has 0 aliphatic carbocycles. The van der Waals surface area contributed by atoms with E-state index < -0.39 is 15.9 Å². The number of thiazole rings is 1. The van der Waals surface area contributed by atoms with Gasteiger partial charge in [-0.2, -0.15) is 4.31 Å². The zero-order valence-corrected chi connectivity index (χ0v) is 20.3. The number of nitrogens with zero attached hydrogens (tertiary/aromatic N) is 2. The lowest BCUT2D eigenvalue weighted by molar-refractivity contribution is 0.0730. The summed E-state index contributed by atoms with van der Waals surface area (Å²) in [5.74, 6) is -0.187. The predicted molar refractivity (Wildman–Crippen MR) is 129 cm³/mol. The first-order valence-electron chi connectivity index (χ1n) is 10.9. The van der Waals surface area contributed by atoms with Crippen molar-refractivity contribution < 1.29 is 22.7 Å². The number of rotatable bonds is 8. The number of carbonyl (C=O) groups is 1. The van der Waals surface area contributed by atoms with E-state index in [1.807, 2.05) is 6.07 Å². The summed E-state index contributed by atoms with van der Waals surface area (Å²) < 4.78 is 39.0. The molecule has 0 atom stereocenters. The number of nitrogens with one attached hydrogen (secondary N) is 1. The Morgan fingerprint density at radius 3 is 2.73 bits per heavy atom. The first-order valence-corrected chi connectivity index (χ1v) is 13.1. The van der Waals surface area contributed by atoms with Gasteiger partial charge >= 0.3 is 0 Å². The third-order valence-corrected chi connectivity index (χ3v) is 8.34. The van der Waals surface area contributed by atoms with Crippen molar-refractivity contribution in [3.8, 4) is 5.75 Å². The molecule has 33 heavy (non-hydrogen) atoms. The molecule has 10 heteroatoms. The first-order chi connectivity index (χ1) is 15.9. The molecule has 1 fully saturated rings. The Balaban J connectivity index is 1.59. The monoisotopic (exact) mass is 489 g/mol. The number of unbranched alkanes of at least 4 members (excludes halogenated alkanes) is 1. The lowest BCUT2D eigenvalue weighted by Gasteiger charge is -2.26. The third kappa shape index (κ3) is 5.19. The Labute approximate surface area is 197 Å². The largest absolute Gasteiger partial charge is 0.496 e. The summed E-state index contributed by atoms with van der Waals surface area (Å²) in [5, 5.41) is 3.25. The third-order valence-electron chi connectivity index (χ3n) is 5.52. The average molecular weight is 490 g/mol. The van der Waals surface area contributed by atoms with Crippen molar-refractivity contribution in [1.82, 2.24) is 9.29 Å². The van der Waals surface area contributed by atoms with E-state index in [1.165, 1.54) is 46.5 Å². The molecule has 1 saturated heterocycles. The fourth-order valence-corrected chi connectivity index (χ4v) is 6.04. The lowest BCUT2D eigenvalue weighted by Crippen LogP contribution is -2.40. The van der Waals surface area contributed by atoms with Crippen LogP contribution < -0.4 is 10.1 Å². The highest BCUT2D eigenvalue weighted by Gasteiger charge is 2.28. The number of fused-ring (bicyclic) bond motifs is 1. The van der Waals surface area contributed by atoms with Crippen molar-refractivity contribution in [2.45, 2.75) is 31.1 Å². The normalized spacial score (nSPS) is 15.0. The number of hydrogen-bond acceptors (Lipinski definition) is 7. The van der Waals surface area contributed by atoms with Crippen LogP contribution in [0.3, 0.4) is 0 Å². The van der Waals surface area contributed by atoms with Gasteiger partial charge in [0.1, 0.15) is 5.75 Å². The minimum Gasteiger partial charge on any atom is -0.496 e. The molecule has 1 aliphatic rings. The summed E-state index contributed by atoms with van der Waals surface area (Å²) in [5.41, 5.74) is 2.19. The number of anilines is 1. The van der Waals surface area contributed by atoms with E-state index in [4.69, 9.17) is 9.47 Å². The van der Waals surface area contributed by atoms with Crippen LogP contribution in [0.25, 0.3) is 10.2 Å². The summed E-state index contributed by atoms with van der Waals surface area (Å²) in [6.07, 6.45) is 3.26. The molecule has 2 aromatic carbocycles. The second-order valence-corrected chi connectivity index (χ2v) is 10.7. The van der Waals surface area contributed by atoms with Crippen molar-refractivity contribution in [3.05, 3.63) is 47.5 Å². The summed E-state index contributed by atoms with van der Waals surface area (Å²) in [4.78, 5) is 17.6. The molecule has 8 nitrogen and oxygen atoms in total. The van der Waals surface area contributed by atoms with Gasteiger partial charge < -0.3 is 9.47 Å². The van der Waals surface area contributed by atoms with E-state index in [0.29, 0.717) is 18.3 Å². The lowest BCUT2D eigenvalue weighted by atomic mass is 10.1. The first kappa shape index (κ1) is 23.6. The van der Waals surface area contributed by atoms with Crippen LogP contribution in [0, 0.1) is 0 Å². The molecule has 1 amide bonds. The van der Waals surface area contributed by atoms with Gasteiger partial charge in [-0.05, 0) is 48.7 Å². The van der Waals surface area contributed by atoms with E-state index in [-0.39, 0.29) is 29.3 Å². The number of benzene rings is 2. The SMILES string of the molecule is CCCCc1ccc2nc(NC(=O)c3cc(S(=O)(=O)N4CCOCC4)ccc3OC)sc2c1. The van der Waals surface area contributed by atoms with E-state index >= 15 is 0 Å². The molecule has 0 unspecified atom stereocenters. The van der Waals surface area contributed by atoms with Crippen LogP contribution >= 0.6 is 11.3 Å². The van der Waals surface area contributed by atoms with Gasteiger partial charge in [0, 0.05) is 13.1 Å². The maximum absolute atomic E-state index is 13.1. The van der Waals surface area contributed by atoms with Crippen molar-refractivity contribution >= 4 is 42.6 Å². The molecule has 4 rings (SSSR count). The van der Waals surface area contributed by atoms with Crippen LogP contribution in [0.2, 0.25) is 0 Å². The molecule has 0 bridgehead atoms. The number of carbonyl (C=O) groups excluding carboxylic acids is 1. The van der Waals surface area contributed by atoms with Gasteiger partial charge in [-0.15, -0.1) is 0 Å². The average Bonchev–Trinajstić information content (AvgIpc) is 3.24. The molecule has 1 N–H and O–H groups in total. The molecule has 0 saturated carbocycles.